The lowest BCUT2D eigenvalue weighted by molar-refractivity contribution is 0.0980. The summed E-state index contributed by atoms with van der Waals surface area (Å²) >= 11 is 0. The molecule has 0 bridgehead atoms. The summed E-state index contributed by atoms with van der Waals surface area (Å²) in [5.74, 6) is -0.155. The first-order chi connectivity index (χ1) is 13.2. The second-order valence-corrected chi connectivity index (χ2v) is 6.16. The second kappa shape index (κ2) is 6.81. The van der Waals surface area contributed by atoms with Crippen molar-refractivity contribution in [2.45, 2.75) is 12.8 Å². The van der Waals surface area contributed by atoms with E-state index in [1.807, 2.05) is 30.3 Å². The van der Waals surface area contributed by atoms with Gasteiger partial charge in [-0.25, -0.2) is 9.97 Å². The summed E-state index contributed by atoms with van der Waals surface area (Å²) in [4.78, 5) is 25.6. The Bertz CT molecular complexity index is 1220. The van der Waals surface area contributed by atoms with Crippen molar-refractivity contribution in [3.8, 4) is 6.07 Å². The number of nitrogens with zero attached hydrogens (tertiary/aromatic N) is 4. The molecule has 0 amide bonds. The minimum absolute atomic E-state index is 0.0135. The van der Waals surface area contributed by atoms with E-state index in [2.05, 4.69) is 21.0 Å². The Morgan fingerprint density at radius 3 is 2.70 bits per heavy atom. The molecular weight excluding hydrogens is 338 g/mol. The van der Waals surface area contributed by atoms with Gasteiger partial charge in [0.05, 0.1) is 16.6 Å². The number of aromatic nitrogens is 3. The van der Waals surface area contributed by atoms with Crippen molar-refractivity contribution in [3.05, 3.63) is 71.5 Å². The van der Waals surface area contributed by atoms with Crippen LogP contribution < -0.4 is 5.73 Å². The fraction of sp³-hybridized carbons (Fsp3) is 0.0952. The molecule has 0 saturated heterocycles. The third-order valence-corrected chi connectivity index (χ3v) is 4.47. The number of hydrogen-bond acceptors (Lipinski definition) is 6. The number of nitrogens with two attached hydrogens (primary N) is 1. The summed E-state index contributed by atoms with van der Waals surface area (Å²) in [6.07, 6.45) is 2.55. The molecule has 2 aromatic heterocycles. The maximum Gasteiger partial charge on any atom is 0.221 e. The molecule has 0 saturated carbocycles. The zero-order valence-corrected chi connectivity index (χ0v) is 14.4. The van der Waals surface area contributed by atoms with Gasteiger partial charge in [0, 0.05) is 23.4 Å². The van der Waals surface area contributed by atoms with E-state index in [0.717, 1.165) is 16.5 Å². The lowest BCUT2D eigenvalue weighted by Gasteiger charge is -2.08. The van der Waals surface area contributed by atoms with Gasteiger partial charge in [-0.15, -0.1) is 0 Å². The molecule has 6 nitrogen and oxygen atoms in total. The molecule has 6 heteroatoms. The highest BCUT2D eigenvalue weighted by Crippen LogP contribution is 2.23. The molecular formula is C21H15N5O. The average molecular weight is 353 g/mol. The summed E-state index contributed by atoms with van der Waals surface area (Å²) in [5, 5.41) is 10.9. The van der Waals surface area contributed by atoms with Crippen LogP contribution in [-0.2, 0) is 6.42 Å². The van der Waals surface area contributed by atoms with E-state index < -0.39 is 0 Å². The predicted molar refractivity (Wildman–Crippen MR) is 103 cm³/mol. The average Bonchev–Trinajstić information content (AvgIpc) is 2.70. The Balaban J connectivity index is 1.69. The smallest absolute Gasteiger partial charge is 0.221 e. The van der Waals surface area contributed by atoms with Crippen LogP contribution in [0.25, 0.3) is 21.8 Å². The Labute approximate surface area is 155 Å². The highest BCUT2D eigenvalue weighted by molar-refractivity contribution is 6.07. The first-order valence-electron chi connectivity index (χ1n) is 8.49. The number of fused-ring (bicyclic) bond motifs is 2. The SMILES string of the molecule is N#Cc1cccc2c(C(=O)CCc3cccc4cccnc34)nc(N)nc12. The van der Waals surface area contributed by atoms with Gasteiger partial charge in [0.2, 0.25) is 5.95 Å². The molecule has 0 aliphatic heterocycles. The van der Waals surface area contributed by atoms with Gasteiger partial charge in [-0.3, -0.25) is 9.78 Å². The van der Waals surface area contributed by atoms with Crippen LogP contribution in [-0.4, -0.2) is 20.7 Å². The van der Waals surface area contributed by atoms with Gasteiger partial charge in [0.15, 0.2) is 5.78 Å². The fourth-order valence-corrected chi connectivity index (χ4v) is 3.21. The van der Waals surface area contributed by atoms with E-state index in [1.165, 1.54) is 0 Å². The fourth-order valence-electron chi connectivity index (χ4n) is 3.21. The van der Waals surface area contributed by atoms with Gasteiger partial charge in [-0.05, 0) is 24.1 Å². The van der Waals surface area contributed by atoms with Gasteiger partial charge < -0.3 is 5.73 Å². The number of hydrogen-bond donors (Lipinski definition) is 1. The number of carbonyl (C=O) groups excluding carboxylic acids is 1. The van der Waals surface area contributed by atoms with Crippen LogP contribution in [0, 0.1) is 11.3 Å². The number of rotatable bonds is 4. The predicted octanol–water partition coefficient (Wildman–Crippen LogP) is 3.45. The number of para-hydroxylation sites is 2. The standard InChI is InChI=1S/C21H15N5O/c22-12-15-6-2-8-16-19(15)25-21(23)26-20(16)17(27)10-9-14-5-1-4-13-7-3-11-24-18(13)14/h1-8,11H,9-10H2,(H2,23,25,26). The number of aryl methyl sites for hydroxylation is 1. The first kappa shape index (κ1) is 16.6. The molecule has 2 N–H and O–H groups in total. The minimum Gasteiger partial charge on any atom is -0.368 e. The number of nitriles is 1. The van der Waals surface area contributed by atoms with Crippen LogP contribution >= 0.6 is 0 Å². The molecule has 27 heavy (non-hydrogen) atoms. The number of Topliss-reactive ketones (excluding diaryl/α,β-unsaturated/α-hetero) is 1. The van der Waals surface area contributed by atoms with Crippen LogP contribution in [0.4, 0.5) is 5.95 Å². The lowest BCUT2D eigenvalue weighted by Crippen LogP contribution is -2.09. The molecule has 0 unspecified atom stereocenters. The molecule has 4 rings (SSSR count). The second-order valence-electron chi connectivity index (χ2n) is 6.16. The first-order valence-corrected chi connectivity index (χ1v) is 8.49. The van der Waals surface area contributed by atoms with E-state index in [1.54, 1.807) is 24.4 Å². The quantitative estimate of drug-likeness (QED) is 0.563. The van der Waals surface area contributed by atoms with Crippen molar-refractivity contribution < 1.29 is 4.79 Å². The Kier molecular flexibility index (Phi) is 4.19. The van der Waals surface area contributed by atoms with E-state index >= 15 is 0 Å². The molecule has 0 atom stereocenters. The van der Waals surface area contributed by atoms with Gasteiger partial charge in [-0.2, -0.15) is 5.26 Å². The third kappa shape index (κ3) is 3.07. The molecule has 0 aliphatic carbocycles. The van der Waals surface area contributed by atoms with Gasteiger partial charge in [0.1, 0.15) is 11.8 Å². The zero-order chi connectivity index (χ0) is 18.8. The van der Waals surface area contributed by atoms with Crippen molar-refractivity contribution in [1.29, 1.82) is 5.26 Å². The van der Waals surface area contributed by atoms with Crippen molar-refractivity contribution in [2.24, 2.45) is 0 Å². The molecule has 130 valence electrons. The van der Waals surface area contributed by atoms with E-state index in [0.29, 0.717) is 22.9 Å². The zero-order valence-electron chi connectivity index (χ0n) is 14.4. The maximum atomic E-state index is 12.9. The van der Waals surface area contributed by atoms with E-state index in [4.69, 9.17) is 5.73 Å². The Morgan fingerprint density at radius 1 is 1.04 bits per heavy atom. The summed E-state index contributed by atoms with van der Waals surface area (Å²) < 4.78 is 0. The maximum absolute atomic E-state index is 12.9. The van der Waals surface area contributed by atoms with Crippen LogP contribution in [0.3, 0.4) is 0 Å². The summed E-state index contributed by atoms with van der Waals surface area (Å²) in [6.45, 7) is 0. The molecule has 2 aromatic carbocycles. The van der Waals surface area contributed by atoms with Gasteiger partial charge in [-0.1, -0.05) is 36.4 Å². The summed E-state index contributed by atoms with van der Waals surface area (Å²) in [7, 11) is 0. The highest BCUT2D eigenvalue weighted by atomic mass is 16.1. The number of ketones is 1. The largest absolute Gasteiger partial charge is 0.368 e. The van der Waals surface area contributed by atoms with Crippen molar-refractivity contribution in [3.63, 3.8) is 0 Å². The lowest BCUT2D eigenvalue weighted by atomic mass is 10.0. The normalized spacial score (nSPS) is 10.8. The van der Waals surface area contributed by atoms with Crippen LogP contribution in [0.2, 0.25) is 0 Å². The molecule has 0 spiro atoms. The number of anilines is 1. The minimum atomic E-state index is -0.142. The number of benzene rings is 2. The van der Waals surface area contributed by atoms with Crippen molar-refractivity contribution in [1.82, 2.24) is 15.0 Å². The van der Waals surface area contributed by atoms with Gasteiger partial charge >= 0.3 is 0 Å². The molecule has 2 heterocycles. The van der Waals surface area contributed by atoms with Gasteiger partial charge in [0.25, 0.3) is 0 Å². The monoisotopic (exact) mass is 353 g/mol. The van der Waals surface area contributed by atoms with Crippen LogP contribution in [0.1, 0.15) is 28.0 Å². The molecule has 0 aliphatic rings. The topological polar surface area (TPSA) is 106 Å². The number of nitrogen functional groups attached to an aromatic ring is 1. The van der Waals surface area contributed by atoms with E-state index in [-0.39, 0.29) is 23.8 Å². The van der Waals surface area contributed by atoms with Crippen LogP contribution in [0.15, 0.2) is 54.7 Å². The Morgan fingerprint density at radius 2 is 1.85 bits per heavy atom. The van der Waals surface area contributed by atoms with Crippen molar-refractivity contribution >= 4 is 33.5 Å². The highest BCUT2D eigenvalue weighted by Gasteiger charge is 2.16. The Hall–Kier alpha value is -3.85. The number of carbonyl (C=O) groups is 1. The third-order valence-electron chi connectivity index (χ3n) is 4.47. The summed E-state index contributed by atoms with van der Waals surface area (Å²) in [5.41, 5.74) is 8.70. The summed E-state index contributed by atoms with van der Waals surface area (Å²) in [6, 6.07) is 17.0. The number of pyridine rings is 1. The van der Waals surface area contributed by atoms with Crippen molar-refractivity contribution in [2.75, 3.05) is 5.73 Å². The van der Waals surface area contributed by atoms with Crippen LogP contribution in [0.5, 0.6) is 0 Å². The molecule has 0 fully saturated rings. The molecule has 0 radical (unpaired) electrons. The van der Waals surface area contributed by atoms with E-state index in [9.17, 15) is 10.1 Å². The molecule has 4 aromatic rings.